The summed E-state index contributed by atoms with van der Waals surface area (Å²) >= 11 is 29.4. The van der Waals surface area contributed by atoms with Crippen molar-refractivity contribution in [3.05, 3.63) is 19.0 Å². The summed E-state index contributed by atoms with van der Waals surface area (Å²) in [5, 5.41) is 0.546. The zero-order chi connectivity index (χ0) is 8.81. The van der Waals surface area contributed by atoms with E-state index in [1.807, 2.05) is 0 Å². The first kappa shape index (κ1) is 10.7. The molecule has 0 heterocycles. The minimum Gasteiger partial charge on any atom is -0.0892 e. The largest absolute Gasteiger partial charge is 0.187 e. The lowest BCUT2D eigenvalue weighted by molar-refractivity contribution is 1.26. The van der Waals surface area contributed by atoms with Crippen molar-refractivity contribution in [3.8, 4) is 0 Å². The summed E-state index contributed by atoms with van der Waals surface area (Å²) in [7, 11) is 0. The van der Waals surface area contributed by atoms with E-state index in [0.717, 1.165) is 0 Å². The Morgan fingerprint density at radius 2 is 1.55 bits per heavy atom. The van der Waals surface area contributed by atoms with E-state index in [1.165, 1.54) is 0 Å². The predicted octanol–water partition coefficient (Wildman–Crippen LogP) is 4.86. The molecule has 1 rings (SSSR count). The molecule has 62 valence electrons. The number of hydrogen-bond donors (Lipinski definition) is 0. The monoisotopic (exact) mass is 358 g/mol. The fourth-order valence-corrected chi connectivity index (χ4v) is 2.93. The third-order valence-electron chi connectivity index (χ3n) is 1.13. The average Bonchev–Trinajstić information content (AvgIpc) is 2.06. The van der Waals surface area contributed by atoms with Gasteiger partial charge in [0, 0.05) is 0 Å². The molecule has 0 aliphatic heterocycles. The van der Waals surface area contributed by atoms with Gasteiger partial charge in [0.2, 0.25) is 0 Å². The molecule has 0 radical (unpaired) electrons. The maximum absolute atomic E-state index is 5.81. The van der Waals surface area contributed by atoms with Crippen LogP contribution in [0.1, 0.15) is 0 Å². The molecule has 0 saturated carbocycles. The second-order valence-corrected chi connectivity index (χ2v) is 5.50. The lowest BCUT2D eigenvalue weighted by atomic mass is 10.4. The quantitative estimate of drug-likeness (QED) is 0.540. The highest BCUT2D eigenvalue weighted by Gasteiger charge is 2.41. The van der Waals surface area contributed by atoms with Crippen molar-refractivity contribution in [2.75, 3.05) is 0 Å². The molecule has 0 nitrogen and oxygen atoms in total. The number of hydrogen-bond acceptors (Lipinski definition) is 0. The maximum Gasteiger partial charge on any atom is 0.187 e. The van der Waals surface area contributed by atoms with Crippen molar-refractivity contribution in [1.82, 2.24) is 0 Å². The lowest BCUT2D eigenvalue weighted by Crippen LogP contribution is -2.09. The maximum atomic E-state index is 5.81. The first-order chi connectivity index (χ1) is 4.89. The third-order valence-corrected chi connectivity index (χ3v) is 6.03. The molecular weight excluding hydrogens is 362 g/mol. The number of alkyl halides is 2. The van der Waals surface area contributed by atoms with Crippen LogP contribution in [0, 0.1) is 0 Å². The van der Waals surface area contributed by atoms with Crippen LogP contribution >= 0.6 is 78.3 Å². The van der Waals surface area contributed by atoms with Crippen LogP contribution in [0.3, 0.4) is 0 Å². The Morgan fingerprint density at radius 1 is 1.09 bits per heavy atom. The first-order valence-electron chi connectivity index (χ1n) is 2.38. The van der Waals surface area contributed by atoms with Gasteiger partial charge in [-0.1, -0.05) is 62.3 Å². The Labute approximate surface area is 101 Å². The van der Waals surface area contributed by atoms with E-state index in [4.69, 9.17) is 46.4 Å². The second kappa shape index (κ2) is 3.39. The minimum absolute atomic E-state index is 0.209. The van der Waals surface area contributed by atoms with Gasteiger partial charge in [0.25, 0.3) is 0 Å². The summed E-state index contributed by atoms with van der Waals surface area (Å²) in [5.41, 5.74) is 0. The molecule has 11 heavy (non-hydrogen) atoms. The van der Waals surface area contributed by atoms with E-state index in [2.05, 4.69) is 31.9 Å². The smallest absolute Gasteiger partial charge is 0.0892 e. The summed E-state index contributed by atoms with van der Waals surface area (Å²) in [6.07, 6.45) is 0. The molecule has 0 aromatic rings. The van der Waals surface area contributed by atoms with Crippen molar-refractivity contribution in [2.24, 2.45) is 0 Å². The topological polar surface area (TPSA) is 0 Å². The third kappa shape index (κ3) is 1.63. The van der Waals surface area contributed by atoms with Gasteiger partial charge in [0.1, 0.15) is 0 Å². The van der Waals surface area contributed by atoms with Crippen LogP contribution in [0.2, 0.25) is 0 Å². The van der Waals surface area contributed by atoms with Crippen molar-refractivity contribution in [2.45, 2.75) is 4.33 Å². The highest BCUT2D eigenvalue weighted by Crippen LogP contribution is 2.54. The van der Waals surface area contributed by atoms with E-state index < -0.39 is 4.33 Å². The van der Waals surface area contributed by atoms with Crippen LogP contribution in [-0.2, 0) is 0 Å². The molecule has 1 aliphatic rings. The Balaban J connectivity index is 3.27. The van der Waals surface area contributed by atoms with Crippen LogP contribution in [-0.4, -0.2) is 4.33 Å². The first-order valence-corrected chi connectivity index (χ1v) is 5.48. The fraction of sp³-hybridized carbons (Fsp3) is 0.200. The highest BCUT2D eigenvalue weighted by atomic mass is 79.9. The van der Waals surface area contributed by atoms with E-state index >= 15 is 0 Å². The number of rotatable bonds is 0. The molecule has 0 aromatic heterocycles. The molecular formula is C5Br2Cl4. The van der Waals surface area contributed by atoms with E-state index in [1.54, 1.807) is 0 Å². The average molecular weight is 362 g/mol. The summed E-state index contributed by atoms with van der Waals surface area (Å²) in [4.78, 5) is 0. The standard InChI is InChI=1S/C5Br2Cl4/c6-1-2(8)4(9)5(10,11)3(1)7. The summed E-state index contributed by atoms with van der Waals surface area (Å²) in [6.45, 7) is 0. The van der Waals surface area contributed by atoms with E-state index in [-0.39, 0.29) is 5.03 Å². The van der Waals surface area contributed by atoms with Crippen molar-refractivity contribution >= 4 is 78.3 Å². The van der Waals surface area contributed by atoms with E-state index in [9.17, 15) is 0 Å². The SMILES string of the molecule is ClC1=C(Cl)C(Cl)(Cl)C(Br)=C1Br. The Kier molecular flexibility index (Phi) is 3.29. The fourth-order valence-electron chi connectivity index (χ4n) is 0.565. The van der Waals surface area contributed by atoms with Gasteiger partial charge >= 0.3 is 0 Å². The molecule has 0 unspecified atom stereocenters. The molecule has 0 saturated heterocycles. The molecule has 1 aliphatic carbocycles. The molecule has 0 amide bonds. The number of halogens is 6. The van der Waals surface area contributed by atoms with E-state index in [0.29, 0.717) is 14.0 Å². The van der Waals surface area contributed by atoms with Crippen LogP contribution < -0.4 is 0 Å². The Morgan fingerprint density at radius 3 is 1.64 bits per heavy atom. The molecule has 0 aromatic carbocycles. The van der Waals surface area contributed by atoms with Gasteiger partial charge in [-0.15, -0.1) is 0 Å². The zero-order valence-corrected chi connectivity index (χ0v) is 11.0. The summed E-state index contributed by atoms with van der Waals surface area (Å²) in [5.74, 6) is 0. The van der Waals surface area contributed by atoms with Gasteiger partial charge in [-0.2, -0.15) is 0 Å². The van der Waals surface area contributed by atoms with Gasteiger partial charge in [0.15, 0.2) is 4.33 Å². The van der Waals surface area contributed by atoms with Crippen LogP contribution in [0.25, 0.3) is 0 Å². The minimum atomic E-state index is -1.24. The highest BCUT2D eigenvalue weighted by molar-refractivity contribution is 9.14. The predicted molar refractivity (Wildman–Crippen MR) is 58.0 cm³/mol. The molecule has 0 atom stereocenters. The van der Waals surface area contributed by atoms with Crippen molar-refractivity contribution in [1.29, 1.82) is 0 Å². The Bertz CT molecular complexity index is 240. The van der Waals surface area contributed by atoms with Gasteiger partial charge in [-0.25, -0.2) is 0 Å². The van der Waals surface area contributed by atoms with Crippen LogP contribution in [0.15, 0.2) is 19.0 Å². The molecule has 0 N–H and O–H groups in total. The summed E-state index contributed by atoms with van der Waals surface area (Å²) < 4.78 is -0.116. The molecule has 0 fully saturated rings. The van der Waals surface area contributed by atoms with Gasteiger partial charge in [0.05, 0.1) is 19.0 Å². The van der Waals surface area contributed by atoms with Crippen molar-refractivity contribution in [3.63, 3.8) is 0 Å². The lowest BCUT2D eigenvalue weighted by Gasteiger charge is -2.12. The van der Waals surface area contributed by atoms with Gasteiger partial charge in [-0.05, 0) is 15.9 Å². The van der Waals surface area contributed by atoms with Crippen molar-refractivity contribution < 1.29 is 0 Å². The normalized spacial score (nSPS) is 23.5. The van der Waals surface area contributed by atoms with Crippen LogP contribution in [0.4, 0.5) is 0 Å². The molecule has 0 spiro atoms. The zero-order valence-electron chi connectivity index (χ0n) is 4.77. The summed E-state index contributed by atoms with van der Waals surface area (Å²) in [6, 6.07) is 0. The number of allylic oxidation sites excluding steroid dienone is 4. The second-order valence-electron chi connectivity index (χ2n) is 1.83. The molecule has 6 heteroatoms. The Hall–Kier alpha value is 1.60. The molecule has 0 bridgehead atoms. The van der Waals surface area contributed by atoms with Crippen LogP contribution in [0.5, 0.6) is 0 Å². The van der Waals surface area contributed by atoms with Gasteiger partial charge < -0.3 is 0 Å². The van der Waals surface area contributed by atoms with Gasteiger partial charge in [-0.3, -0.25) is 0 Å².